The van der Waals surface area contributed by atoms with Gasteiger partial charge in [-0.15, -0.1) is 0 Å². The number of methoxy groups -OCH3 is 1. The molecule has 3 rings (SSSR count). The Hall–Kier alpha value is -3.02. The van der Waals surface area contributed by atoms with Crippen molar-refractivity contribution in [2.75, 3.05) is 13.7 Å². The highest BCUT2D eigenvalue weighted by Crippen LogP contribution is 2.31. The topological polar surface area (TPSA) is 71.1 Å². The molecule has 1 aliphatic heterocycles. The zero-order valence-electron chi connectivity index (χ0n) is 12.4. The third kappa shape index (κ3) is 3.26. The average molecular weight is 314 g/mol. The van der Waals surface area contributed by atoms with Crippen molar-refractivity contribution in [3.05, 3.63) is 54.1 Å². The zero-order valence-corrected chi connectivity index (χ0v) is 12.4. The number of ether oxygens (including phenoxy) is 4. The van der Waals surface area contributed by atoms with E-state index in [4.69, 9.17) is 14.2 Å². The van der Waals surface area contributed by atoms with Crippen molar-refractivity contribution < 1.29 is 28.5 Å². The lowest BCUT2D eigenvalue weighted by atomic mass is 10.2. The Morgan fingerprint density at radius 2 is 1.74 bits per heavy atom. The van der Waals surface area contributed by atoms with E-state index in [1.165, 1.54) is 31.4 Å². The first kappa shape index (κ1) is 14.9. The Morgan fingerprint density at radius 1 is 1.04 bits per heavy atom. The third-order valence-electron chi connectivity index (χ3n) is 3.27. The van der Waals surface area contributed by atoms with Crippen LogP contribution < -0.4 is 14.2 Å². The van der Waals surface area contributed by atoms with E-state index in [2.05, 4.69) is 4.74 Å². The highest BCUT2D eigenvalue weighted by atomic mass is 16.6. The molecule has 1 atom stereocenters. The van der Waals surface area contributed by atoms with Gasteiger partial charge in [0.05, 0.1) is 12.7 Å². The van der Waals surface area contributed by atoms with Gasteiger partial charge >= 0.3 is 11.9 Å². The summed E-state index contributed by atoms with van der Waals surface area (Å²) in [5, 5.41) is 0. The van der Waals surface area contributed by atoms with Crippen LogP contribution in [0.3, 0.4) is 0 Å². The zero-order chi connectivity index (χ0) is 16.2. The van der Waals surface area contributed by atoms with E-state index in [1.54, 1.807) is 18.2 Å². The number of para-hydroxylation sites is 2. The molecule has 23 heavy (non-hydrogen) atoms. The molecule has 0 saturated heterocycles. The summed E-state index contributed by atoms with van der Waals surface area (Å²) in [5.74, 6) is 0.389. The molecule has 0 bridgehead atoms. The molecule has 0 unspecified atom stereocenters. The number of hydrogen-bond acceptors (Lipinski definition) is 6. The van der Waals surface area contributed by atoms with Crippen LogP contribution >= 0.6 is 0 Å². The highest BCUT2D eigenvalue weighted by molar-refractivity contribution is 5.89. The number of rotatable bonds is 3. The van der Waals surface area contributed by atoms with Crippen LogP contribution in [0.25, 0.3) is 0 Å². The van der Waals surface area contributed by atoms with Crippen molar-refractivity contribution >= 4 is 11.9 Å². The van der Waals surface area contributed by atoms with Gasteiger partial charge in [-0.1, -0.05) is 12.1 Å². The van der Waals surface area contributed by atoms with Crippen LogP contribution in [0.1, 0.15) is 10.4 Å². The van der Waals surface area contributed by atoms with E-state index in [0.717, 1.165) is 0 Å². The monoisotopic (exact) mass is 314 g/mol. The highest BCUT2D eigenvalue weighted by Gasteiger charge is 2.29. The molecule has 1 heterocycles. The lowest BCUT2D eigenvalue weighted by molar-refractivity contribution is -0.144. The minimum atomic E-state index is -0.842. The summed E-state index contributed by atoms with van der Waals surface area (Å²) in [6.07, 6.45) is -0.842. The van der Waals surface area contributed by atoms with Crippen LogP contribution in [-0.4, -0.2) is 31.8 Å². The van der Waals surface area contributed by atoms with Crippen molar-refractivity contribution in [2.24, 2.45) is 0 Å². The third-order valence-corrected chi connectivity index (χ3v) is 3.27. The molecule has 0 spiro atoms. The molecule has 1 aliphatic rings. The van der Waals surface area contributed by atoms with Crippen LogP contribution in [0.15, 0.2) is 48.5 Å². The summed E-state index contributed by atoms with van der Waals surface area (Å²) >= 11 is 0. The molecular formula is C17H14O6. The molecule has 6 nitrogen and oxygen atoms in total. The van der Waals surface area contributed by atoms with Gasteiger partial charge in [0.1, 0.15) is 12.4 Å². The van der Waals surface area contributed by atoms with Crippen molar-refractivity contribution in [3.63, 3.8) is 0 Å². The first-order chi connectivity index (χ1) is 11.2. The number of fused-ring (bicyclic) bond motifs is 1. The summed E-state index contributed by atoms with van der Waals surface area (Å²) in [4.78, 5) is 23.5. The maximum Gasteiger partial charge on any atom is 0.356 e. The fourth-order valence-electron chi connectivity index (χ4n) is 2.09. The van der Waals surface area contributed by atoms with Crippen molar-refractivity contribution in [2.45, 2.75) is 6.10 Å². The summed E-state index contributed by atoms with van der Waals surface area (Å²) in [6.45, 7) is 0.0795. The van der Waals surface area contributed by atoms with E-state index in [1.807, 2.05) is 6.07 Å². The summed E-state index contributed by atoms with van der Waals surface area (Å²) in [6, 6.07) is 13.2. The molecule has 0 N–H and O–H groups in total. The lowest BCUT2D eigenvalue weighted by Crippen LogP contribution is -2.39. The molecule has 0 saturated carbocycles. The summed E-state index contributed by atoms with van der Waals surface area (Å²) < 4.78 is 20.9. The van der Waals surface area contributed by atoms with E-state index >= 15 is 0 Å². The number of carbonyl (C=O) groups is 2. The first-order valence-electron chi connectivity index (χ1n) is 6.96. The fourth-order valence-corrected chi connectivity index (χ4v) is 2.09. The molecule has 2 aromatic carbocycles. The predicted octanol–water partition coefficient (Wildman–Crippen LogP) is 2.22. The van der Waals surface area contributed by atoms with Gasteiger partial charge in [-0.05, 0) is 36.4 Å². The number of benzene rings is 2. The van der Waals surface area contributed by atoms with Gasteiger partial charge in [0.25, 0.3) is 0 Å². The summed E-state index contributed by atoms with van der Waals surface area (Å²) in [7, 11) is 1.30. The van der Waals surface area contributed by atoms with Gasteiger partial charge in [0.2, 0.25) is 6.10 Å². The van der Waals surface area contributed by atoms with E-state index in [-0.39, 0.29) is 6.61 Å². The minimum Gasteiger partial charge on any atom is -0.485 e. The Labute approximate surface area is 132 Å². The van der Waals surface area contributed by atoms with Crippen LogP contribution in [-0.2, 0) is 9.53 Å². The maximum atomic E-state index is 12.1. The molecule has 118 valence electrons. The van der Waals surface area contributed by atoms with Gasteiger partial charge in [-0.3, -0.25) is 0 Å². The van der Waals surface area contributed by atoms with Gasteiger partial charge in [-0.2, -0.15) is 0 Å². The SMILES string of the molecule is COC(=O)c1ccc(OC(=O)[C@@H]2COc3ccccc3O2)cc1. The quantitative estimate of drug-likeness (QED) is 0.639. The van der Waals surface area contributed by atoms with E-state index in [9.17, 15) is 9.59 Å². The fraction of sp³-hybridized carbons (Fsp3) is 0.176. The predicted molar refractivity (Wildman–Crippen MR) is 79.8 cm³/mol. The van der Waals surface area contributed by atoms with Gasteiger partial charge in [-0.25, -0.2) is 9.59 Å². The van der Waals surface area contributed by atoms with Crippen LogP contribution in [0.4, 0.5) is 0 Å². The van der Waals surface area contributed by atoms with Gasteiger partial charge < -0.3 is 18.9 Å². The Bertz CT molecular complexity index is 722. The van der Waals surface area contributed by atoms with Gasteiger partial charge in [0, 0.05) is 0 Å². The number of hydrogen-bond donors (Lipinski definition) is 0. The number of esters is 2. The molecule has 2 aromatic rings. The minimum absolute atomic E-state index is 0.0795. The molecule has 0 radical (unpaired) electrons. The molecular weight excluding hydrogens is 300 g/mol. The Morgan fingerprint density at radius 3 is 2.43 bits per heavy atom. The van der Waals surface area contributed by atoms with E-state index < -0.39 is 18.0 Å². The molecule has 0 aromatic heterocycles. The smallest absolute Gasteiger partial charge is 0.356 e. The Balaban J connectivity index is 1.65. The second-order valence-electron chi connectivity index (χ2n) is 4.80. The van der Waals surface area contributed by atoms with Crippen molar-refractivity contribution in [3.8, 4) is 17.2 Å². The van der Waals surface area contributed by atoms with Gasteiger partial charge in [0.15, 0.2) is 11.5 Å². The molecule has 0 aliphatic carbocycles. The largest absolute Gasteiger partial charge is 0.485 e. The van der Waals surface area contributed by atoms with Crippen LogP contribution in [0, 0.1) is 0 Å². The molecule has 6 heteroatoms. The van der Waals surface area contributed by atoms with Crippen LogP contribution in [0.2, 0.25) is 0 Å². The second kappa shape index (κ2) is 6.39. The number of carbonyl (C=O) groups excluding carboxylic acids is 2. The lowest BCUT2D eigenvalue weighted by Gasteiger charge is -2.24. The molecule has 0 fully saturated rings. The first-order valence-corrected chi connectivity index (χ1v) is 6.96. The maximum absolute atomic E-state index is 12.1. The second-order valence-corrected chi connectivity index (χ2v) is 4.80. The standard InChI is InChI=1S/C17H14O6/c1-20-16(18)11-6-8-12(9-7-11)22-17(19)15-10-21-13-4-2-3-5-14(13)23-15/h2-9,15H,10H2,1H3/t15-/m0/s1. The van der Waals surface area contributed by atoms with Crippen molar-refractivity contribution in [1.82, 2.24) is 0 Å². The normalized spacial score (nSPS) is 15.6. The van der Waals surface area contributed by atoms with E-state index in [0.29, 0.717) is 22.8 Å². The molecule has 0 amide bonds. The summed E-state index contributed by atoms with van der Waals surface area (Å²) in [5.41, 5.74) is 0.374. The van der Waals surface area contributed by atoms with Crippen LogP contribution in [0.5, 0.6) is 17.2 Å². The Kier molecular flexibility index (Phi) is 4.14. The van der Waals surface area contributed by atoms with Crippen molar-refractivity contribution in [1.29, 1.82) is 0 Å². The average Bonchev–Trinajstić information content (AvgIpc) is 2.61.